The lowest BCUT2D eigenvalue weighted by atomic mass is 9.99. The Bertz CT molecular complexity index is 1160. The SMILES string of the molecule is Cc1ccc(S(=O)(=O)n2nc3c(c2-c2ccc(Cl)c(Cl)c2)C=CCC3)cc1. The highest BCUT2D eigenvalue weighted by atomic mass is 35.5. The van der Waals surface area contributed by atoms with Crippen LogP contribution in [0.25, 0.3) is 17.3 Å². The molecule has 1 heterocycles. The van der Waals surface area contributed by atoms with Crippen molar-refractivity contribution in [1.82, 2.24) is 9.19 Å². The zero-order chi connectivity index (χ0) is 19.2. The van der Waals surface area contributed by atoms with Crippen molar-refractivity contribution in [2.24, 2.45) is 0 Å². The molecule has 0 saturated heterocycles. The van der Waals surface area contributed by atoms with E-state index in [9.17, 15) is 8.42 Å². The van der Waals surface area contributed by atoms with E-state index in [1.54, 1.807) is 42.5 Å². The second-order valence-corrected chi connectivity index (χ2v) is 9.02. The molecule has 2 aromatic carbocycles. The summed E-state index contributed by atoms with van der Waals surface area (Å²) in [5.74, 6) is 0. The number of halogens is 2. The summed E-state index contributed by atoms with van der Waals surface area (Å²) < 4.78 is 27.8. The number of aromatic nitrogens is 2. The Kier molecular flexibility index (Phi) is 4.62. The molecule has 0 spiro atoms. The summed E-state index contributed by atoms with van der Waals surface area (Å²) in [7, 11) is -3.86. The average molecular weight is 419 g/mol. The van der Waals surface area contributed by atoms with Crippen LogP contribution >= 0.6 is 23.2 Å². The maximum absolute atomic E-state index is 13.3. The van der Waals surface area contributed by atoms with Crippen LogP contribution in [-0.2, 0) is 16.4 Å². The van der Waals surface area contributed by atoms with Crippen molar-refractivity contribution in [2.75, 3.05) is 0 Å². The minimum atomic E-state index is -3.86. The van der Waals surface area contributed by atoms with Gasteiger partial charge in [0.15, 0.2) is 0 Å². The Labute approximate surface area is 168 Å². The van der Waals surface area contributed by atoms with Crippen molar-refractivity contribution < 1.29 is 8.42 Å². The van der Waals surface area contributed by atoms with E-state index in [0.717, 1.165) is 27.3 Å². The predicted molar refractivity (Wildman–Crippen MR) is 109 cm³/mol. The van der Waals surface area contributed by atoms with Gasteiger partial charge in [-0.1, -0.05) is 59.1 Å². The first-order valence-corrected chi connectivity index (χ1v) is 10.6. The second-order valence-electron chi connectivity index (χ2n) is 6.44. The van der Waals surface area contributed by atoms with E-state index in [1.165, 1.54) is 0 Å². The van der Waals surface area contributed by atoms with Gasteiger partial charge in [-0.05, 0) is 44.0 Å². The first-order chi connectivity index (χ1) is 12.9. The van der Waals surface area contributed by atoms with Crippen LogP contribution in [0.4, 0.5) is 0 Å². The second kappa shape index (κ2) is 6.82. The number of fused-ring (bicyclic) bond motifs is 1. The highest BCUT2D eigenvalue weighted by Crippen LogP contribution is 2.36. The molecule has 0 fully saturated rings. The van der Waals surface area contributed by atoms with Crippen molar-refractivity contribution in [3.05, 3.63) is 75.4 Å². The van der Waals surface area contributed by atoms with Crippen LogP contribution in [0.15, 0.2) is 53.4 Å². The smallest absolute Gasteiger partial charge is 0.199 e. The first kappa shape index (κ1) is 18.3. The fourth-order valence-electron chi connectivity index (χ4n) is 3.13. The normalized spacial score (nSPS) is 13.6. The Morgan fingerprint density at radius 3 is 2.48 bits per heavy atom. The number of rotatable bonds is 3. The van der Waals surface area contributed by atoms with Gasteiger partial charge in [-0.3, -0.25) is 0 Å². The first-order valence-electron chi connectivity index (χ1n) is 8.44. The molecule has 0 amide bonds. The Morgan fingerprint density at radius 2 is 1.78 bits per heavy atom. The van der Waals surface area contributed by atoms with Gasteiger partial charge in [-0.25, -0.2) is 0 Å². The number of benzene rings is 2. The minimum absolute atomic E-state index is 0.193. The molecule has 7 heteroatoms. The maximum atomic E-state index is 13.3. The number of hydrogen-bond acceptors (Lipinski definition) is 3. The molecule has 1 aliphatic carbocycles. The molecule has 3 aromatic rings. The highest BCUT2D eigenvalue weighted by Gasteiger charge is 2.28. The molecular weight excluding hydrogens is 403 g/mol. The number of hydrogen-bond donors (Lipinski definition) is 0. The summed E-state index contributed by atoms with van der Waals surface area (Å²) in [5.41, 5.74) is 3.70. The number of nitrogens with zero attached hydrogens (tertiary/aromatic N) is 2. The van der Waals surface area contributed by atoms with Crippen molar-refractivity contribution in [3.63, 3.8) is 0 Å². The van der Waals surface area contributed by atoms with E-state index < -0.39 is 10.0 Å². The van der Waals surface area contributed by atoms with Crippen LogP contribution in [0.2, 0.25) is 10.0 Å². The topological polar surface area (TPSA) is 52.0 Å². The molecule has 4 rings (SSSR count). The zero-order valence-electron chi connectivity index (χ0n) is 14.5. The van der Waals surface area contributed by atoms with E-state index >= 15 is 0 Å². The van der Waals surface area contributed by atoms with Gasteiger partial charge < -0.3 is 0 Å². The monoisotopic (exact) mass is 418 g/mol. The van der Waals surface area contributed by atoms with E-state index in [2.05, 4.69) is 5.10 Å². The Balaban J connectivity index is 1.98. The van der Waals surface area contributed by atoms with Gasteiger partial charge in [0.2, 0.25) is 0 Å². The molecule has 0 N–H and O–H groups in total. The molecular formula is C20H16Cl2N2O2S. The third-order valence-corrected chi connectivity index (χ3v) is 6.87. The molecule has 1 aromatic heterocycles. The van der Waals surface area contributed by atoms with Crippen LogP contribution in [0.3, 0.4) is 0 Å². The summed E-state index contributed by atoms with van der Waals surface area (Å²) in [5, 5.41) is 5.23. The van der Waals surface area contributed by atoms with Crippen molar-refractivity contribution in [3.8, 4) is 11.3 Å². The maximum Gasteiger partial charge on any atom is 0.283 e. The zero-order valence-corrected chi connectivity index (χ0v) is 16.8. The lowest BCUT2D eigenvalue weighted by Crippen LogP contribution is -2.16. The van der Waals surface area contributed by atoms with Gasteiger partial charge in [0.1, 0.15) is 0 Å². The number of allylic oxidation sites excluding steroid dienone is 1. The standard InChI is InChI=1S/C20H16Cl2N2O2S/c1-13-6-9-15(10-7-13)27(25,26)24-20(14-8-11-17(21)18(22)12-14)16-4-2-3-5-19(16)23-24/h2,4,6-12H,3,5H2,1H3. The van der Waals surface area contributed by atoms with Crippen molar-refractivity contribution in [1.29, 1.82) is 0 Å². The fourth-order valence-corrected chi connectivity index (χ4v) is 4.76. The third-order valence-electron chi connectivity index (χ3n) is 4.54. The molecule has 0 radical (unpaired) electrons. The van der Waals surface area contributed by atoms with E-state index in [0.29, 0.717) is 27.7 Å². The van der Waals surface area contributed by atoms with Gasteiger partial charge in [-0.2, -0.15) is 17.6 Å². The molecule has 27 heavy (non-hydrogen) atoms. The van der Waals surface area contributed by atoms with Gasteiger partial charge >= 0.3 is 0 Å². The van der Waals surface area contributed by atoms with Gasteiger partial charge in [-0.15, -0.1) is 0 Å². The van der Waals surface area contributed by atoms with Gasteiger partial charge in [0.05, 0.1) is 26.3 Å². The minimum Gasteiger partial charge on any atom is -0.199 e. The largest absolute Gasteiger partial charge is 0.283 e. The summed E-state index contributed by atoms with van der Waals surface area (Å²) >= 11 is 12.2. The third kappa shape index (κ3) is 3.20. The predicted octanol–water partition coefficient (Wildman–Crippen LogP) is 5.36. The lowest BCUT2D eigenvalue weighted by molar-refractivity contribution is 0.580. The van der Waals surface area contributed by atoms with Gasteiger partial charge in [0.25, 0.3) is 10.0 Å². The van der Waals surface area contributed by atoms with E-state index in [-0.39, 0.29) is 4.90 Å². The molecule has 0 unspecified atom stereocenters. The van der Waals surface area contributed by atoms with Crippen LogP contribution in [-0.4, -0.2) is 17.6 Å². The fraction of sp³-hybridized carbons (Fsp3) is 0.150. The Hall–Kier alpha value is -2.08. The molecule has 138 valence electrons. The molecule has 0 atom stereocenters. The summed E-state index contributed by atoms with van der Waals surface area (Å²) in [6.45, 7) is 1.91. The Morgan fingerprint density at radius 1 is 1.04 bits per heavy atom. The van der Waals surface area contributed by atoms with Crippen molar-refractivity contribution >= 4 is 39.3 Å². The molecule has 4 nitrogen and oxygen atoms in total. The van der Waals surface area contributed by atoms with Crippen LogP contribution in [0.1, 0.15) is 23.2 Å². The van der Waals surface area contributed by atoms with Crippen LogP contribution < -0.4 is 0 Å². The molecule has 0 bridgehead atoms. The molecule has 0 aliphatic heterocycles. The summed E-state index contributed by atoms with van der Waals surface area (Å²) in [4.78, 5) is 0.193. The average Bonchev–Trinajstić information content (AvgIpc) is 3.05. The van der Waals surface area contributed by atoms with Crippen molar-refractivity contribution in [2.45, 2.75) is 24.7 Å². The lowest BCUT2D eigenvalue weighted by Gasteiger charge is -2.11. The molecule has 1 aliphatic rings. The van der Waals surface area contributed by atoms with E-state index in [4.69, 9.17) is 23.2 Å². The van der Waals surface area contributed by atoms with E-state index in [1.807, 2.05) is 19.1 Å². The summed E-state index contributed by atoms with van der Waals surface area (Å²) in [6.07, 6.45) is 5.46. The van der Waals surface area contributed by atoms with Crippen LogP contribution in [0.5, 0.6) is 0 Å². The quantitative estimate of drug-likeness (QED) is 0.574. The van der Waals surface area contributed by atoms with Gasteiger partial charge in [0, 0.05) is 11.1 Å². The number of aryl methyl sites for hydroxylation is 2. The summed E-state index contributed by atoms with van der Waals surface area (Å²) in [6, 6.07) is 11.8. The molecule has 0 saturated carbocycles. The van der Waals surface area contributed by atoms with Crippen LogP contribution in [0, 0.1) is 6.92 Å². The highest BCUT2D eigenvalue weighted by molar-refractivity contribution is 7.90.